The summed E-state index contributed by atoms with van der Waals surface area (Å²) in [5, 5.41) is 12.6. The van der Waals surface area contributed by atoms with E-state index in [1.807, 2.05) is 13.8 Å². The number of benzene rings is 1. The summed E-state index contributed by atoms with van der Waals surface area (Å²) in [6.07, 6.45) is 0. The summed E-state index contributed by atoms with van der Waals surface area (Å²) in [7, 11) is 0. The molecule has 2 unspecified atom stereocenters. The van der Waals surface area contributed by atoms with Gasteiger partial charge in [-0.3, -0.25) is 4.79 Å². The van der Waals surface area contributed by atoms with Crippen molar-refractivity contribution < 1.29 is 14.3 Å². The van der Waals surface area contributed by atoms with Gasteiger partial charge in [-0.1, -0.05) is 6.92 Å². The van der Waals surface area contributed by atoms with Crippen LogP contribution in [-0.2, 0) is 0 Å². The minimum absolute atomic E-state index is 0.0102. The van der Waals surface area contributed by atoms with Gasteiger partial charge >= 0.3 is 0 Å². The van der Waals surface area contributed by atoms with Crippen molar-refractivity contribution in [2.75, 3.05) is 12.3 Å². The summed E-state index contributed by atoms with van der Waals surface area (Å²) in [5.74, 6) is -0.0517. The molecule has 0 aliphatic carbocycles. The van der Waals surface area contributed by atoms with Crippen LogP contribution in [-0.4, -0.2) is 23.7 Å². The van der Waals surface area contributed by atoms with E-state index in [9.17, 15) is 4.79 Å². The zero-order valence-electron chi connectivity index (χ0n) is 11.0. The highest BCUT2D eigenvalue weighted by Crippen LogP contribution is 2.21. The molecule has 102 valence electrons. The van der Waals surface area contributed by atoms with Crippen LogP contribution in [0.5, 0.6) is 0 Å². The Kier molecular flexibility index (Phi) is 3.76. The molecule has 19 heavy (non-hydrogen) atoms. The predicted molar refractivity (Wildman–Crippen MR) is 73.8 cm³/mol. The summed E-state index contributed by atoms with van der Waals surface area (Å²) < 4.78 is 5.47. The van der Waals surface area contributed by atoms with Gasteiger partial charge in [0.15, 0.2) is 5.76 Å². The summed E-state index contributed by atoms with van der Waals surface area (Å²) in [5.41, 5.74) is 6.93. The first-order valence-corrected chi connectivity index (χ1v) is 6.22. The molecule has 2 aromatic rings. The molecule has 1 aromatic heterocycles. The van der Waals surface area contributed by atoms with Gasteiger partial charge in [0, 0.05) is 23.7 Å². The van der Waals surface area contributed by atoms with Crippen molar-refractivity contribution >= 4 is 22.6 Å². The second-order valence-electron chi connectivity index (χ2n) is 4.83. The van der Waals surface area contributed by atoms with E-state index < -0.39 is 0 Å². The Bertz CT molecular complexity index is 591. The quantitative estimate of drug-likeness (QED) is 0.732. The van der Waals surface area contributed by atoms with E-state index in [0.29, 0.717) is 11.3 Å². The third-order valence-corrected chi connectivity index (χ3v) is 3.26. The third kappa shape index (κ3) is 2.88. The van der Waals surface area contributed by atoms with Crippen molar-refractivity contribution in [3.05, 3.63) is 30.0 Å². The monoisotopic (exact) mass is 262 g/mol. The molecule has 0 saturated heterocycles. The number of anilines is 1. The lowest BCUT2D eigenvalue weighted by molar-refractivity contribution is 0.0890. The number of rotatable bonds is 4. The van der Waals surface area contributed by atoms with E-state index >= 15 is 0 Å². The van der Waals surface area contributed by atoms with Crippen molar-refractivity contribution in [3.63, 3.8) is 0 Å². The molecule has 0 saturated carbocycles. The number of hydrogen-bond acceptors (Lipinski definition) is 4. The number of nitrogens with one attached hydrogen (secondary N) is 1. The Morgan fingerprint density at radius 1 is 1.42 bits per heavy atom. The SMILES string of the molecule is CC(CO)C(C)NC(=O)c1cc2cc(N)ccc2o1. The van der Waals surface area contributed by atoms with Crippen LogP contribution in [0.2, 0.25) is 0 Å². The highest BCUT2D eigenvalue weighted by atomic mass is 16.3. The molecule has 1 aromatic carbocycles. The molecule has 5 heteroatoms. The lowest BCUT2D eigenvalue weighted by Crippen LogP contribution is -2.38. The van der Waals surface area contributed by atoms with Crippen LogP contribution >= 0.6 is 0 Å². The average Bonchev–Trinajstić information content (AvgIpc) is 2.80. The number of aliphatic hydroxyl groups excluding tert-OH is 1. The molecule has 0 bridgehead atoms. The van der Waals surface area contributed by atoms with Crippen molar-refractivity contribution in [1.29, 1.82) is 0 Å². The van der Waals surface area contributed by atoms with Crippen LogP contribution in [0.1, 0.15) is 24.4 Å². The Morgan fingerprint density at radius 3 is 2.84 bits per heavy atom. The first-order valence-electron chi connectivity index (χ1n) is 6.22. The van der Waals surface area contributed by atoms with Crippen molar-refractivity contribution in [1.82, 2.24) is 5.32 Å². The Balaban J connectivity index is 2.17. The van der Waals surface area contributed by atoms with Crippen LogP contribution in [0.25, 0.3) is 11.0 Å². The minimum Gasteiger partial charge on any atom is -0.451 e. The standard InChI is InChI=1S/C14H18N2O3/c1-8(7-17)9(2)16-14(18)13-6-10-5-11(15)3-4-12(10)19-13/h3-6,8-9,17H,7,15H2,1-2H3,(H,16,18). The van der Waals surface area contributed by atoms with Crippen LogP contribution in [0.4, 0.5) is 5.69 Å². The minimum atomic E-state index is -0.289. The fourth-order valence-corrected chi connectivity index (χ4v) is 1.75. The molecule has 2 atom stereocenters. The molecule has 0 aliphatic heterocycles. The van der Waals surface area contributed by atoms with Crippen LogP contribution < -0.4 is 11.1 Å². The van der Waals surface area contributed by atoms with Gasteiger partial charge in [-0.05, 0) is 37.1 Å². The highest BCUT2D eigenvalue weighted by Gasteiger charge is 2.18. The van der Waals surface area contributed by atoms with E-state index in [4.69, 9.17) is 15.3 Å². The molecule has 0 radical (unpaired) electrons. The van der Waals surface area contributed by atoms with Gasteiger partial charge in [0.2, 0.25) is 0 Å². The highest BCUT2D eigenvalue weighted by molar-refractivity contribution is 5.96. The lowest BCUT2D eigenvalue weighted by atomic mass is 10.1. The van der Waals surface area contributed by atoms with Gasteiger partial charge in [0.1, 0.15) is 5.58 Å². The molecule has 5 nitrogen and oxygen atoms in total. The maximum absolute atomic E-state index is 12.0. The average molecular weight is 262 g/mol. The largest absolute Gasteiger partial charge is 0.451 e. The molecule has 0 fully saturated rings. The van der Waals surface area contributed by atoms with Gasteiger partial charge in [-0.25, -0.2) is 0 Å². The Morgan fingerprint density at radius 2 is 2.16 bits per heavy atom. The fourth-order valence-electron chi connectivity index (χ4n) is 1.75. The number of fused-ring (bicyclic) bond motifs is 1. The summed E-state index contributed by atoms with van der Waals surface area (Å²) in [4.78, 5) is 12.0. The fraction of sp³-hybridized carbons (Fsp3) is 0.357. The second kappa shape index (κ2) is 5.32. The van der Waals surface area contributed by atoms with Crippen LogP contribution in [0.15, 0.2) is 28.7 Å². The predicted octanol–water partition coefficient (Wildman–Crippen LogP) is 1.76. The zero-order chi connectivity index (χ0) is 14.0. The number of hydrogen-bond donors (Lipinski definition) is 3. The topological polar surface area (TPSA) is 88.5 Å². The number of furan rings is 1. The smallest absolute Gasteiger partial charge is 0.287 e. The first-order chi connectivity index (χ1) is 9.01. The zero-order valence-corrected chi connectivity index (χ0v) is 11.0. The summed E-state index contributed by atoms with van der Waals surface area (Å²) in [6.45, 7) is 3.74. The van der Waals surface area contributed by atoms with Gasteiger partial charge in [0.25, 0.3) is 5.91 Å². The van der Waals surface area contributed by atoms with Crippen molar-refractivity contribution in [3.8, 4) is 0 Å². The van der Waals surface area contributed by atoms with E-state index in [-0.39, 0.29) is 30.2 Å². The van der Waals surface area contributed by atoms with Crippen LogP contribution in [0.3, 0.4) is 0 Å². The van der Waals surface area contributed by atoms with Gasteiger partial charge < -0.3 is 20.6 Å². The van der Waals surface area contributed by atoms with Crippen LogP contribution in [0, 0.1) is 5.92 Å². The maximum atomic E-state index is 12.0. The number of nitrogens with two attached hydrogens (primary N) is 1. The number of nitrogen functional groups attached to an aromatic ring is 1. The number of carbonyl (C=O) groups is 1. The van der Waals surface area contributed by atoms with E-state index in [1.165, 1.54) is 0 Å². The number of aliphatic hydroxyl groups is 1. The Labute approximate surface area is 111 Å². The lowest BCUT2D eigenvalue weighted by Gasteiger charge is -2.18. The normalized spacial score (nSPS) is 14.3. The number of amides is 1. The van der Waals surface area contributed by atoms with Crippen molar-refractivity contribution in [2.45, 2.75) is 19.9 Å². The molecule has 0 spiro atoms. The molecular weight excluding hydrogens is 244 g/mol. The molecule has 0 aliphatic rings. The summed E-state index contributed by atoms with van der Waals surface area (Å²) in [6, 6.07) is 6.76. The van der Waals surface area contributed by atoms with Crippen molar-refractivity contribution in [2.24, 2.45) is 5.92 Å². The molecule has 2 rings (SSSR count). The second-order valence-corrected chi connectivity index (χ2v) is 4.83. The molecular formula is C14H18N2O3. The van der Waals surface area contributed by atoms with Gasteiger partial charge in [-0.15, -0.1) is 0 Å². The molecule has 1 amide bonds. The van der Waals surface area contributed by atoms with Gasteiger partial charge in [0.05, 0.1) is 0 Å². The molecule has 4 N–H and O–H groups in total. The van der Waals surface area contributed by atoms with E-state index in [0.717, 1.165) is 5.39 Å². The summed E-state index contributed by atoms with van der Waals surface area (Å²) >= 11 is 0. The maximum Gasteiger partial charge on any atom is 0.287 e. The molecule has 1 heterocycles. The van der Waals surface area contributed by atoms with Gasteiger partial charge in [-0.2, -0.15) is 0 Å². The Hall–Kier alpha value is -2.01. The number of carbonyl (C=O) groups excluding carboxylic acids is 1. The van der Waals surface area contributed by atoms with E-state index in [2.05, 4.69) is 5.32 Å². The first kappa shape index (κ1) is 13.4. The third-order valence-electron chi connectivity index (χ3n) is 3.26. The van der Waals surface area contributed by atoms with E-state index in [1.54, 1.807) is 24.3 Å².